The van der Waals surface area contributed by atoms with E-state index in [9.17, 15) is 4.79 Å². The monoisotopic (exact) mass is 165 g/mol. The minimum atomic E-state index is 0.0281. The number of amides is 1. The second-order valence-electron chi connectivity index (χ2n) is 2.98. The molecule has 0 aromatic carbocycles. The summed E-state index contributed by atoms with van der Waals surface area (Å²) in [4.78, 5) is 12.8. The lowest BCUT2D eigenvalue weighted by atomic mass is 10.1. The average Bonchev–Trinajstić information content (AvgIpc) is 2.12. The number of fused-ring (bicyclic) bond motifs is 1. The van der Waals surface area contributed by atoms with Gasteiger partial charge in [-0.15, -0.1) is 0 Å². The molecule has 0 aromatic heterocycles. The minimum Gasteiger partial charge on any atom is -0.482 e. The Labute approximate surface area is 71.3 Å². The first kappa shape index (κ1) is 7.40. The summed E-state index contributed by atoms with van der Waals surface area (Å²) in [6.07, 6.45) is 6.10. The molecule has 3 heteroatoms. The van der Waals surface area contributed by atoms with Crippen molar-refractivity contribution in [1.82, 2.24) is 4.90 Å². The van der Waals surface area contributed by atoms with Crippen molar-refractivity contribution in [3.05, 3.63) is 23.6 Å². The Balaban J connectivity index is 2.30. The highest BCUT2D eigenvalue weighted by atomic mass is 16.5. The number of hydrogen-bond acceptors (Lipinski definition) is 2. The number of nitrogens with zero attached hydrogens (tertiary/aromatic N) is 1. The lowest BCUT2D eigenvalue weighted by Crippen LogP contribution is -2.36. The second-order valence-corrected chi connectivity index (χ2v) is 2.98. The molecule has 1 aliphatic carbocycles. The van der Waals surface area contributed by atoms with Crippen LogP contribution in [0.25, 0.3) is 0 Å². The van der Waals surface area contributed by atoms with Crippen LogP contribution in [0.4, 0.5) is 0 Å². The molecule has 1 heterocycles. The summed E-state index contributed by atoms with van der Waals surface area (Å²) in [5.41, 5.74) is 0.928. The molecule has 0 spiro atoms. The van der Waals surface area contributed by atoms with E-state index in [0.29, 0.717) is 0 Å². The maximum Gasteiger partial charge on any atom is 0.264 e. The molecule has 2 rings (SSSR count). The van der Waals surface area contributed by atoms with Gasteiger partial charge in [-0.05, 0) is 18.9 Å². The van der Waals surface area contributed by atoms with Crippen LogP contribution in [0, 0.1) is 0 Å². The maximum absolute atomic E-state index is 11.2. The quantitative estimate of drug-likeness (QED) is 0.536. The van der Waals surface area contributed by atoms with Crippen molar-refractivity contribution in [2.75, 3.05) is 13.7 Å². The van der Waals surface area contributed by atoms with Gasteiger partial charge in [-0.2, -0.15) is 0 Å². The summed E-state index contributed by atoms with van der Waals surface area (Å²) in [5.74, 6) is 0.892. The van der Waals surface area contributed by atoms with Crippen LogP contribution < -0.4 is 0 Å². The van der Waals surface area contributed by atoms with Crippen LogP contribution in [0.5, 0.6) is 0 Å². The number of allylic oxidation sites excluding steroid dienone is 2. The predicted molar refractivity (Wildman–Crippen MR) is 44.1 cm³/mol. The number of hydrogen-bond donors (Lipinski definition) is 0. The van der Waals surface area contributed by atoms with E-state index in [1.807, 2.05) is 12.2 Å². The van der Waals surface area contributed by atoms with Gasteiger partial charge in [0.05, 0.1) is 5.70 Å². The number of ether oxygens (including phenoxy) is 1. The first-order valence-electron chi connectivity index (χ1n) is 4.09. The molecule has 0 radical (unpaired) electrons. The molecule has 0 N–H and O–H groups in total. The fourth-order valence-electron chi connectivity index (χ4n) is 1.45. The molecule has 0 bridgehead atoms. The Morgan fingerprint density at radius 1 is 1.42 bits per heavy atom. The number of likely N-dealkylation sites (N-methyl/N-ethyl adjacent to an activating group) is 1. The Morgan fingerprint density at radius 2 is 2.17 bits per heavy atom. The van der Waals surface area contributed by atoms with Crippen molar-refractivity contribution in [1.29, 1.82) is 0 Å². The molecule has 2 aliphatic rings. The van der Waals surface area contributed by atoms with Gasteiger partial charge >= 0.3 is 0 Å². The fraction of sp³-hybridized carbons (Fsp3) is 0.444. The van der Waals surface area contributed by atoms with E-state index < -0.39 is 0 Å². The van der Waals surface area contributed by atoms with Crippen molar-refractivity contribution < 1.29 is 9.53 Å². The molecular formula is C9H11NO2. The van der Waals surface area contributed by atoms with Crippen LogP contribution in [0.15, 0.2) is 23.6 Å². The highest BCUT2D eigenvalue weighted by molar-refractivity contribution is 5.81. The Kier molecular flexibility index (Phi) is 1.64. The van der Waals surface area contributed by atoms with Gasteiger partial charge in [-0.3, -0.25) is 4.79 Å². The zero-order valence-electron chi connectivity index (χ0n) is 7.04. The van der Waals surface area contributed by atoms with Crippen molar-refractivity contribution in [2.24, 2.45) is 0 Å². The fourth-order valence-corrected chi connectivity index (χ4v) is 1.45. The molecule has 3 nitrogen and oxygen atoms in total. The van der Waals surface area contributed by atoms with E-state index in [2.05, 4.69) is 0 Å². The number of rotatable bonds is 0. The number of carbonyl (C=O) groups excluding carboxylic acids is 1. The standard InChI is InChI=1S/C9H11NO2/c1-10-7-4-2-3-5-8(7)12-6-9(10)11/h4-5H,2-3,6H2,1H3. The second kappa shape index (κ2) is 2.66. The summed E-state index contributed by atoms with van der Waals surface area (Å²) >= 11 is 0. The summed E-state index contributed by atoms with van der Waals surface area (Å²) in [5, 5.41) is 0. The highest BCUT2D eigenvalue weighted by Gasteiger charge is 2.25. The van der Waals surface area contributed by atoms with Gasteiger partial charge in [-0.1, -0.05) is 6.08 Å². The lowest BCUT2D eigenvalue weighted by Gasteiger charge is -2.29. The van der Waals surface area contributed by atoms with Gasteiger partial charge in [0.2, 0.25) is 0 Å². The largest absolute Gasteiger partial charge is 0.482 e. The number of carbonyl (C=O) groups is 1. The third-order valence-corrected chi connectivity index (χ3v) is 2.17. The first-order valence-corrected chi connectivity index (χ1v) is 4.09. The van der Waals surface area contributed by atoms with Crippen LogP contribution in [-0.2, 0) is 9.53 Å². The summed E-state index contributed by atoms with van der Waals surface area (Å²) < 4.78 is 5.27. The molecule has 0 unspecified atom stereocenters. The Morgan fingerprint density at radius 3 is 3.00 bits per heavy atom. The summed E-state index contributed by atoms with van der Waals surface area (Å²) in [7, 11) is 1.79. The van der Waals surface area contributed by atoms with Gasteiger partial charge in [0, 0.05) is 7.05 Å². The molecule has 64 valence electrons. The van der Waals surface area contributed by atoms with E-state index in [1.165, 1.54) is 0 Å². The van der Waals surface area contributed by atoms with Crippen molar-refractivity contribution in [3.63, 3.8) is 0 Å². The van der Waals surface area contributed by atoms with Crippen LogP contribution in [0.3, 0.4) is 0 Å². The summed E-state index contributed by atoms with van der Waals surface area (Å²) in [6, 6.07) is 0. The van der Waals surface area contributed by atoms with Crippen LogP contribution in [0.2, 0.25) is 0 Å². The van der Waals surface area contributed by atoms with Crippen LogP contribution in [0.1, 0.15) is 12.8 Å². The predicted octanol–water partition coefficient (Wildman–Crippen LogP) is 1.04. The van der Waals surface area contributed by atoms with E-state index in [0.717, 1.165) is 24.3 Å². The van der Waals surface area contributed by atoms with Gasteiger partial charge in [0.15, 0.2) is 6.61 Å². The highest BCUT2D eigenvalue weighted by Crippen LogP contribution is 2.25. The molecule has 1 saturated heterocycles. The van der Waals surface area contributed by atoms with Crippen molar-refractivity contribution >= 4 is 5.91 Å². The molecular weight excluding hydrogens is 154 g/mol. The normalized spacial score (nSPS) is 22.4. The lowest BCUT2D eigenvalue weighted by molar-refractivity contribution is -0.134. The zero-order valence-corrected chi connectivity index (χ0v) is 7.04. The van der Waals surface area contributed by atoms with Gasteiger partial charge in [0.1, 0.15) is 5.76 Å². The smallest absolute Gasteiger partial charge is 0.264 e. The molecule has 0 atom stereocenters. The summed E-state index contributed by atoms with van der Waals surface area (Å²) in [6.45, 7) is 0.180. The van der Waals surface area contributed by atoms with Crippen LogP contribution in [-0.4, -0.2) is 24.5 Å². The average molecular weight is 165 g/mol. The number of morpholine rings is 1. The van der Waals surface area contributed by atoms with E-state index in [1.54, 1.807) is 11.9 Å². The SMILES string of the molecule is CN1C(=O)COC2=CCCC=C21. The van der Waals surface area contributed by atoms with E-state index in [4.69, 9.17) is 4.74 Å². The van der Waals surface area contributed by atoms with E-state index in [-0.39, 0.29) is 12.5 Å². The van der Waals surface area contributed by atoms with Crippen LogP contribution >= 0.6 is 0 Å². The Bertz CT molecular complexity index is 278. The molecule has 12 heavy (non-hydrogen) atoms. The first-order chi connectivity index (χ1) is 5.79. The van der Waals surface area contributed by atoms with Gasteiger partial charge in [0.25, 0.3) is 5.91 Å². The minimum absolute atomic E-state index is 0.0281. The third kappa shape index (κ3) is 1.02. The maximum atomic E-state index is 11.2. The topological polar surface area (TPSA) is 29.5 Å². The van der Waals surface area contributed by atoms with Gasteiger partial charge < -0.3 is 9.64 Å². The van der Waals surface area contributed by atoms with Crippen molar-refractivity contribution in [3.8, 4) is 0 Å². The van der Waals surface area contributed by atoms with Gasteiger partial charge in [-0.25, -0.2) is 0 Å². The Hall–Kier alpha value is -1.25. The molecule has 0 aromatic rings. The molecule has 1 aliphatic heterocycles. The third-order valence-electron chi connectivity index (χ3n) is 2.17. The molecule has 1 fully saturated rings. The zero-order chi connectivity index (χ0) is 8.55. The van der Waals surface area contributed by atoms with E-state index >= 15 is 0 Å². The van der Waals surface area contributed by atoms with Crippen molar-refractivity contribution in [2.45, 2.75) is 12.8 Å². The molecule has 1 amide bonds. The molecule has 0 saturated carbocycles.